The number of rotatable bonds is 7. The third-order valence-electron chi connectivity index (χ3n) is 2.52. The van der Waals surface area contributed by atoms with Gasteiger partial charge in [0.05, 0.1) is 11.5 Å². The maximum atomic E-state index is 11.8. The molecular formula is C12H20N2O2S. The van der Waals surface area contributed by atoms with Gasteiger partial charge in [-0.05, 0) is 31.0 Å². The molecule has 0 saturated carbocycles. The predicted octanol–water partition coefficient (Wildman–Crippen LogP) is 1.36. The van der Waals surface area contributed by atoms with E-state index in [4.69, 9.17) is 4.74 Å². The van der Waals surface area contributed by atoms with Gasteiger partial charge in [0.25, 0.3) is 5.91 Å². The van der Waals surface area contributed by atoms with Gasteiger partial charge in [0, 0.05) is 26.7 Å². The van der Waals surface area contributed by atoms with Gasteiger partial charge in [-0.2, -0.15) is 0 Å². The molecule has 0 atom stereocenters. The van der Waals surface area contributed by atoms with Crippen LogP contribution >= 0.6 is 11.3 Å². The number of hydrogen-bond acceptors (Lipinski definition) is 4. The lowest BCUT2D eigenvalue weighted by Gasteiger charge is -2.16. The zero-order chi connectivity index (χ0) is 12.7. The lowest BCUT2D eigenvalue weighted by Crippen LogP contribution is -2.34. The van der Waals surface area contributed by atoms with Gasteiger partial charge in [-0.3, -0.25) is 4.79 Å². The number of nitrogens with zero attached hydrogens (tertiary/aromatic N) is 1. The van der Waals surface area contributed by atoms with Crippen LogP contribution in [0.25, 0.3) is 0 Å². The van der Waals surface area contributed by atoms with Crippen molar-refractivity contribution in [1.29, 1.82) is 0 Å². The normalized spacial score (nSPS) is 10.8. The van der Waals surface area contributed by atoms with Gasteiger partial charge in [-0.1, -0.05) is 0 Å². The molecule has 5 heteroatoms. The number of amides is 1. The first-order chi connectivity index (χ1) is 8.15. The van der Waals surface area contributed by atoms with Crippen LogP contribution in [0.3, 0.4) is 0 Å². The van der Waals surface area contributed by atoms with E-state index in [1.54, 1.807) is 7.11 Å². The van der Waals surface area contributed by atoms with Crippen LogP contribution < -0.4 is 5.32 Å². The molecule has 0 aromatic carbocycles. The molecule has 0 aliphatic rings. The van der Waals surface area contributed by atoms with Crippen molar-refractivity contribution in [2.24, 2.45) is 0 Å². The van der Waals surface area contributed by atoms with Gasteiger partial charge in [0.2, 0.25) is 0 Å². The highest BCUT2D eigenvalue weighted by molar-refractivity contribution is 7.12. The Kier molecular flexibility index (Phi) is 6.18. The number of aryl methyl sites for hydroxylation is 1. The van der Waals surface area contributed by atoms with E-state index in [9.17, 15) is 4.79 Å². The summed E-state index contributed by atoms with van der Waals surface area (Å²) in [6.45, 7) is 5.05. The Labute approximate surface area is 107 Å². The summed E-state index contributed by atoms with van der Waals surface area (Å²) in [4.78, 5) is 14.7. The number of ether oxygens (including phenoxy) is 1. The van der Waals surface area contributed by atoms with Gasteiger partial charge in [-0.15, -0.1) is 11.3 Å². The van der Waals surface area contributed by atoms with E-state index in [-0.39, 0.29) is 5.91 Å². The van der Waals surface area contributed by atoms with Crippen molar-refractivity contribution in [1.82, 2.24) is 10.2 Å². The van der Waals surface area contributed by atoms with E-state index >= 15 is 0 Å². The first-order valence-electron chi connectivity index (χ1n) is 5.65. The smallest absolute Gasteiger partial charge is 0.261 e. The molecule has 0 bridgehead atoms. The second kappa shape index (κ2) is 7.42. The second-order valence-electron chi connectivity index (χ2n) is 3.98. The third-order valence-corrected chi connectivity index (χ3v) is 3.54. The van der Waals surface area contributed by atoms with E-state index in [0.717, 1.165) is 23.5 Å². The maximum Gasteiger partial charge on any atom is 0.261 e. The van der Waals surface area contributed by atoms with Crippen LogP contribution in [0.5, 0.6) is 0 Å². The van der Waals surface area contributed by atoms with Crippen molar-refractivity contribution < 1.29 is 9.53 Å². The largest absolute Gasteiger partial charge is 0.383 e. The average molecular weight is 256 g/mol. The molecule has 1 aromatic rings. The van der Waals surface area contributed by atoms with Crippen molar-refractivity contribution in [3.05, 3.63) is 21.9 Å². The Bertz CT molecular complexity index is 352. The van der Waals surface area contributed by atoms with Crippen LogP contribution in [0.4, 0.5) is 0 Å². The van der Waals surface area contributed by atoms with Crippen LogP contribution in [-0.4, -0.2) is 51.2 Å². The van der Waals surface area contributed by atoms with Gasteiger partial charge < -0.3 is 15.0 Å². The van der Waals surface area contributed by atoms with E-state index in [0.29, 0.717) is 13.2 Å². The molecule has 1 rings (SSSR count). The highest BCUT2D eigenvalue weighted by Crippen LogP contribution is 2.14. The number of carbonyl (C=O) groups excluding carboxylic acids is 1. The molecule has 0 radical (unpaired) electrons. The van der Waals surface area contributed by atoms with E-state index < -0.39 is 0 Å². The lowest BCUT2D eigenvalue weighted by atomic mass is 10.3. The summed E-state index contributed by atoms with van der Waals surface area (Å²) in [6, 6.07) is 1.96. The van der Waals surface area contributed by atoms with Crippen molar-refractivity contribution >= 4 is 17.2 Å². The average Bonchev–Trinajstić information content (AvgIpc) is 2.72. The summed E-state index contributed by atoms with van der Waals surface area (Å²) in [5.41, 5.74) is 1.04. The van der Waals surface area contributed by atoms with Gasteiger partial charge in [-0.25, -0.2) is 0 Å². The maximum absolute atomic E-state index is 11.8. The second-order valence-corrected chi connectivity index (χ2v) is 4.90. The highest BCUT2D eigenvalue weighted by atomic mass is 32.1. The fraction of sp³-hybridized carbons (Fsp3) is 0.583. The Balaban J connectivity index is 2.23. The van der Waals surface area contributed by atoms with Gasteiger partial charge in [0.15, 0.2) is 0 Å². The summed E-state index contributed by atoms with van der Waals surface area (Å²) in [7, 11) is 3.71. The molecule has 0 aliphatic carbocycles. The van der Waals surface area contributed by atoms with Crippen molar-refractivity contribution in [2.75, 3.05) is 40.4 Å². The Hall–Kier alpha value is -0.910. The molecule has 96 valence electrons. The van der Waals surface area contributed by atoms with E-state index in [1.807, 2.05) is 25.4 Å². The third kappa shape index (κ3) is 4.85. The molecule has 0 fully saturated rings. The van der Waals surface area contributed by atoms with Crippen molar-refractivity contribution in [3.63, 3.8) is 0 Å². The molecule has 1 N–H and O–H groups in total. The Morgan fingerprint density at radius 1 is 1.53 bits per heavy atom. The summed E-state index contributed by atoms with van der Waals surface area (Å²) in [5.74, 6) is 0.0256. The zero-order valence-electron chi connectivity index (χ0n) is 10.7. The molecule has 0 saturated heterocycles. The molecule has 4 nitrogen and oxygen atoms in total. The summed E-state index contributed by atoms with van der Waals surface area (Å²) in [5, 5.41) is 4.86. The first kappa shape index (κ1) is 14.2. The number of nitrogens with one attached hydrogen (secondary N) is 1. The van der Waals surface area contributed by atoms with Crippen molar-refractivity contribution in [3.8, 4) is 0 Å². The molecule has 1 amide bonds. The minimum atomic E-state index is 0.0256. The fourth-order valence-electron chi connectivity index (χ4n) is 1.40. The number of hydrogen-bond donors (Lipinski definition) is 1. The Morgan fingerprint density at radius 3 is 2.88 bits per heavy atom. The number of carbonyl (C=O) groups is 1. The van der Waals surface area contributed by atoms with E-state index in [1.165, 1.54) is 11.3 Å². The molecule has 1 heterocycles. The lowest BCUT2D eigenvalue weighted by molar-refractivity contribution is 0.0951. The summed E-state index contributed by atoms with van der Waals surface area (Å²) in [6.07, 6.45) is 0. The summed E-state index contributed by atoms with van der Waals surface area (Å²) < 4.78 is 4.99. The molecule has 0 spiro atoms. The van der Waals surface area contributed by atoms with Crippen LogP contribution in [0.1, 0.15) is 15.2 Å². The predicted molar refractivity (Wildman–Crippen MR) is 70.8 cm³/mol. The van der Waals surface area contributed by atoms with Crippen LogP contribution in [0, 0.1) is 6.92 Å². The fourth-order valence-corrected chi connectivity index (χ4v) is 2.25. The highest BCUT2D eigenvalue weighted by Gasteiger charge is 2.09. The minimum Gasteiger partial charge on any atom is -0.383 e. The number of likely N-dealkylation sites (N-methyl/N-ethyl adjacent to an activating group) is 1. The van der Waals surface area contributed by atoms with E-state index in [2.05, 4.69) is 10.2 Å². The Morgan fingerprint density at radius 2 is 2.29 bits per heavy atom. The SMILES string of the molecule is COCCN(C)CCNC(=O)c1sccc1C. The molecule has 1 aromatic heterocycles. The molecular weight excluding hydrogens is 236 g/mol. The quantitative estimate of drug-likeness (QED) is 0.801. The minimum absolute atomic E-state index is 0.0256. The molecule has 0 unspecified atom stereocenters. The molecule has 17 heavy (non-hydrogen) atoms. The van der Waals surface area contributed by atoms with Gasteiger partial charge in [0.1, 0.15) is 0 Å². The van der Waals surface area contributed by atoms with Gasteiger partial charge >= 0.3 is 0 Å². The topological polar surface area (TPSA) is 41.6 Å². The number of thiophene rings is 1. The van der Waals surface area contributed by atoms with Crippen LogP contribution in [-0.2, 0) is 4.74 Å². The van der Waals surface area contributed by atoms with Crippen molar-refractivity contribution in [2.45, 2.75) is 6.92 Å². The first-order valence-corrected chi connectivity index (χ1v) is 6.53. The standard InChI is InChI=1S/C12H20N2O2S/c1-10-4-9-17-11(10)12(15)13-5-6-14(2)7-8-16-3/h4,9H,5-8H2,1-3H3,(H,13,15). The van der Waals surface area contributed by atoms with Crippen LogP contribution in [0.15, 0.2) is 11.4 Å². The summed E-state index contributed by atoms with van der Waals surface area (Å²) >= 11 is 1.48. The monoisotopic (exact) mass is 256 g/mol. The molecule has 0 aliphatic heterocycles. The van der Waals surface area contributed by atoms with Crippen LogP contribution in [0.2, 0.25) is 0 Å². The number of methoxy groups -OCH3 is 1. The zero-order valence-corrected chi connectivity index (χ0v) is 11.5.